The molecule has 4 heteroatoms. The van der Waals surface area contributed by atoms with Crippen LogP contribution in [-0.4, -0.2) is 28.1 Å². The van der Waals surface area contributed by atoms with E-state index in [0.717, 1.165) is 12.8 Å². The van der Waals surface area contributed by atoms with Gasteiger partial charge in [-0.3, -0.25) is 4.90 Å². The van der Waals surface area contributed by atoms with Gasteiger partial charge in [0.1, 0.15) is 6.04 Å². The third-order valence-corrected chi connectivity index (χ3v) is 4.69. The standard InChI is InChI=1S/C14H22N2O2/c1-14(7-3-2-4-8-14)9-11-5-6-12(13(17)18)16(11)10-15/h11-12H,2-9H2,1H3,(H,17,18). The molecule has 100 valence electrons. The Morgan fingerprint density at radius 2 is 2.06 bits per heavy atom. The fraction of sp³-hybridized carbons (Fsp3) is 0.857. The second-order valence-corrected chi connectivity index (χ2v) is 6.17. The van der Waals surface area contributed by atoms with Crippen molar-refractivity contribution in [3.63, 3.8) is 0 Å². The van der Waals surface area contributed by atoms with Crippen LogP contribution in [0.5, 0.6) is 0 Å². The maximum atomic E-state index is 11.1. The van der Waals surface area contributed by atoms with Crippen molar-refractivity contribution < 1.29 is 9.90 Å². The van der Waals surface area contributed by atoms with Crippen LogP contribution in [0.4, 0.5) is 0 Å². The third kappa shape index (κ3) is 2.60. The number of hydrogen-bond donors (Lipinski definition) is 1. The molecular formula is C14H22N2O2. The topological polar surface area (TPSA) is 64.3 Å². The molecule has 2 unspecified atom stereocenters. The molecule has 0 aromatic rings. The molecule has 1 heterocycles. The maximum absolute atomic E-state index is 11.1. The van der Waals surface area contributed by atoms with Crippen LogP contribution in [0.25, 0.3) is 0 Å². The van der Waals surface area contributed by atoms with Crippen LogP contribution in [0.15, 0.2) is 0 Å². The summed E-state index contributed by atoms with van der Waals surface area (Å²) in [4.78, 5) is 12.6. The number of hydrogen-bond acceptors (Lipinski definition) is 3. The van der Waals surface area contributed by atoms with Crippen molar-refractivity contribution in [1.29, 1.82) is 5.26 Å². The molecule has 2 fully saturated rings. The zero-order valence-corrected chi connectivity index (χ0v) is 11.1. The molecule has 1 aliphatic carbocycles. The quantitative estimate of drug-likeness (QED) is 0.782. The monoisotopic (exact) mass is 250 g/mol. The lowest BCUT2D eigenvalue weighted by Gasteiger charge is -2.37. The Bertz CT molecular complexity index is 355. The summed E-state index contributed by atoms with van der Waals surface area (Å²) in [5, 5.41) is 18.3. The van der Waals surface area contributed by atoms with Gasteiger partial charge >= 0.3 is 5.97 Å². The minimum atomic E-state index is -0.854. The molecule has 1 saturated heterocycles. The molecule has 18 heavy (non-hydrogen) atoms. The Morgan fingerprint density at radius 3 is 2.61 bits per heavy atom. The molecule has 0 bridgehead atoms. The summed E-state index contributed by atoms with van der Waals surface area (Å²) in [6, 6.07) is -0.452. The van der Waals surface area contributed by atoms with Crippen molar-refractivity contribution in [2.45, 2.75) is 70.4 Å². The van der Waals surface area contributed by atoms with E-state index < -0.39 is 12.0 Å². The number of aliphatic carboxylic acids is 1. The maximum Gasteiger partial charge on any atom is 0.327 e. The minimum absolute atomic E-state index is 0.138. The molecule has 0 amide bonds. The molecule has 1 N–H and O–H groups in total. The molecule has 0 aromatic carbocycles. The zero-order chi connectivity index (χ0) is 13.2. The largest absolute Gasteiger partial charge is 0.480 e. The number of rotatable bonds is 3. The first-order valence-corrected chi connectivity index (χ1v) is 6.97. The average molecular weight is 250 g/mol. The Labute approximate surface area is 109 Å². The Morgan fingerprint density at radius 1 is 1.39 bits per heavy atom. The highest BCUT2D eigenvalue weighted by molar-refractivity contribution is 5.74. The molecule has 2 atom stereocenters. The van der Waals surface area contributed by atoms with E-state index in [4.69, 9.17) is 5.11 Å². The van der Waals surface area contributed by atoms with Gasteiger partial charge in [-0.2, -0.15) is 5.26 Å². The van der Waals surface area contributed by atoms with Gasteiger partial charge in [-0.15, -0.1) is 0 Å². The van der Waals surface area contributed by atoms with E-state index in [0.29, 0.717) is 11.8 Å². The highest BCUT2D eigenvalue weighted by Gasteiger charge is 2.41. The van der Waals surface area contributed by atoms with Gasteiger partial charge in [0.05, 0.1) is 0 Å². The molecule has 0 spiro atoms. The van der Waals surface area contributed by atoms with E-state index in [1.807, 2.05) is 0 Å². The molecule has 1 saturated carbocycles. The summed E-state index contributed by atoms with van der Waals surface area (Å²) in [5.74, 6) is -0.854. The van der Waals surface area contributed by atoms with Crippen molar-refractivity contribution >= 4 is 5.97 Å². The second kappa shape index (κ2) is 5.17. The fourth-order valence-electron chi connectivity index (χ4n) is 3.66. The molecule has 4 nitrogen and oxygen atoms in total. The van der Waals surface area contributed by atoms with Gasteiger partial charge in [0.25, 0.3) is 0 Å². The van der Waals surface area contributed by atoms with Gasteiger partial charge in [-0.05, 0) is 37.5 Å². The van der Waals surface area contributed by atoms with Crippen LogP contribution in [-0.2, 0) is 4.79 Å². The van der Waals surface area contributed by atoms with Crippen LogP contribution < -0.4 is 0 Å². The summed E-state index contributed by atoms with van der Waals surface area (Å²) in [6.45, 7) is 2.30. The summed E-state index contributed by atoms with van der Waals surface area (Å²) in [7, 11) is 0. The molecule has 2 aliphatic rings. The van der Waals surface area contributed by atoms with Crippen LogP contribution in [0.3, 0.4) is 0 Å². The molecule has 0 radical (unpaired) electrons. The van der Waals surface area contributed by atoms with Gasteiger partial charge in [-0.25, -0.2) is 4.79 Å². The van der Waals surface area contributed by atoms with Crippen molar-refractivity contribution in [2.75, 3.05) is 0 Å². The van der Waals surface area contributed by atoms with Crippen LogP contribution >= 0.6 is 0 Å². The van der Waals surface area contributed by atoms with Crippen molar-refractivity contribution in [3.05, 3.63) is 0 Å². The number of carboxylic acid groups (broad SMARTS) is 1. The number of nitriles is 1. The van der Waals surface area contributed by atoms with E-state index in [9.17, 15) is 10.1 Å². The van der Waals surface area contributed by atoms with E-state index in [1.165, 1.54) is 37.0 Å². The Kier molecular flexibility index (Phi) is 3.79. The van der Waals surface area contributed by atoms with Crippen LogP contribution in [0, 0.1) is 16.9 Å². The first kappa shape index (κ1) is 13.2. The number of likely N-dealkylation sites (tertiary alicyclic amines) is 1. The van der Waals surface area contributed by atoms with Gasteiger partial charge in [-0.1, -0.05) is 26.2 Å². The van der Waals surface area contributed by atoms with Crippen LogP contribution in [0.2, 0.25) is 0 Å². The summed E-state index contributed by atoms with van der Waals surface area (Å²) in [5.41, 5.74) is 0.311. The Hall–Kier alpha value is -1.24. The van der Waals surface area contributed by atoms with Crippen LogP contribution in [0.1, 0.15) is 58.3 Å². The molecule has 2 rings (SSSR count). The number of nitrogens with zero attached hydrogens (tertiary/aromatic N) is 2. The van der Waals surface area contributed by atoms with Gasteiger partial charge in [0.15, 0.2) is 6.19 Å². The van der Waals surface area contributed by atoms with Gasteiger partial charge in [0.2, 0.25) is 0 Å². The lowest BCUT2D eigenvalue weighted by molar-refractivity contribution is -0.141. The first-order valence-electron chi connectivity index (χ1n) is 6.97. The highest BCUT2D eigenvalue weighted by atomic mass is 16.4. The van der Waals surface area contributed by atoms with E-state index >= 15 is 0 Å². The third-order valence-electron chi connectivity index (χ3n) is 4.69. The average Bonchev–Trinajstić information content (AvgIpc) is 2.72. The fourth-order valence-corrected chi connectivity index (χ4v) is 3.66. The predicted molar refractivity (Wildman–Crippen MR) is 67.7 cm³/mol. The summed E-state index contributed by atoms with van der Waals surface area (Å²) < 4.78 is 0. The SMILES string of the molecule is CC1(CC2CCC(C(=O)O)N2C#N)CCCCC1. The second-order valence-electron chi connectivity index (χ2n) is 6.17. The van der Waals surface area contributed by atoms with Crippen molar-refractivity contribution in [1.82, 2.24) is 4.90 Å². The smallest absolute Gasteiger partial charge is 0.327 e. The van der Waals surface area contributed by atoms with E-state index in [2.05, 4.69) is 13.1 Å². The lowest BCUT2D eigenvalue weighted by atomic mass is 9.71. The van der Waals surface area contributed by atoms with Gasteiger partial charge < -0.3 is 5.11 Å². The lowest BCUT2D eigenvalue weighted by Crippen LogP contribution is -2.39. The number of carbonyl (C=O) groups is 1. The molecule has 0 aromatic heterocycles. The van der Waals surface area contributed by atoms with Gasteiger partial charge in [0, 0.05) is 6.04 Å². The summed E-state index contributed by atoms with van der Waals surface area (Å²) in [6.07, 6.45) is 10.9. The first-order chi connectivity index (χ1) is 8.56. The zero-order valence-electron chi connectivity index (χ0n) is 11.1. The van der Waals surface area contributed by atoms with Crippen molar-refractivity contribution in [3.8, 4) is 6.19 Å². The predicted octanol–water partition coefficient (Wildman–Crippen LogP) is 2.75. The Balaban J connectivity index is 2.01. The number of carboxylic acids is 1. The highest BCUT2D eigenvalue weighted by Crippen LogP contribution is 2.42. The molecule has 1 aliphatic heterocycles. The van der Waals surface area contributed by atoms with Crippen molar-refractivity contribution in [2.24, 2.45) is 5.41 Å². The minimum Gasteiger partial charge on any atom is -0.480 e. The normalized spacial score (nSPS) is 31.0. The summed E-state index contributed by atoms with van der Waals surface area (Å²) >= 11 is 0. The molecular weight excluding hydrogens is 228 g/mol. The van der Waals surface area contributed by atoms with E-state index in [-0.39, 0.29) is 6.04 Å². The van der Waals surface area contributed by atoms with E-state index in [1.54, 1.807) is 0 Å².